The van der Waals surface area contributed by atoms with Crippen molar-refractivity contribution in [2.24, 2.45) is 4.99 Å². The monoisotopic (exact) mass is 289 g/mol. The smallest absolute Gasteiger partial charge is 0.220 e. The quantitative estimate of drug-likeness (QED) is 0.493. The van der Waals surface area contributed by atoms with Crippen molar-refractivity contribution < 1.29 is 8.83 Å². The van der Waals surface area contributed by atoms with Crippen molar-refractivity contribution in [3.8, 4) is 0 Å². The van der Waals surface area contributed by atoms with Gasteiger partial charge in [-0.25, -0.2) is 4.99 Å². The minimum Gasteiger partial charge on any atom is -0.452 e. The summed E-state index contributed by atoms with van der Waals surface area (Å²) in [6, 6.07) is 17.9. The minimum absolute atomic E-state index is 0.583. The van der Waals surface area contributed by atoms with Crippen LogP contribution in [0, 0.1) is 13.8 Å². The third kappa shape index (κ3) is 2.11. The van der Waals surface area contributed by atoms with Gasteiger partial charge in [0.1, 0.15) is 11.3 Å². The van der Waals surface area contributed by atoms with E-state index in [1.807, 2.05) is 49.4 Å². The molecule has 0 saturated carbocycles. The maximum atomic E-state index is 5.93. The lowest BCUT2D eigenvalue weighted by Gasteiger charge is -1.96. The van der Waals surface area contributed by atoms with Crippen LogP contribution in [0.3, 0.4) is 0 Å². The highest BCUT2D eigenvalue weighted by Gasteiger charge is 2.11. The van der Waals surface area contributed by atoms with E-state index in [-0.39, 0.29) is 0 Å². The lowest BCUT2D eigenvalue weighted by Crippen LogP contribution is -1.99. The van der Waals surface area contributed by atoms with Crippen LogP contribution in [-0.4, -0.2) is 0 Å². The third-order valence-corrected chi connectivity index (χ3v) is 3.72. The Hall–Kier alpha value is -2.81. The highest BCUT2D eigenvalue weighted by atomic mass is 16.4. The molecule has 0 saturated heterocycles. The molecule has 4 aromatic rings. The fraction of sp³-hybridized carbons (Fsp3) is 0.105. The van der Waals surface area contributed by atoms with E-state index >= 15 is 0 Å². The second-order valence-corrected chi connectivity index (χ2v) is 5.43. The van der Waals surface area contributed by atoms with Gasteiger partial charge < -0.3 is 8.83 Å². The molecule has 0 atom stereocenters. The number of benzene rings is 2. The largest absolute Gasteiger partial charge is 0.452 e. The van der Waals surface area contributed by atoms with E-state index in [2.05, 4.69) is 24.0 Å². The van der Waals surface area contributed by atoms with Gasteiger partial charge in [-0.3, -0.25) is 0 Å². The maximum absolute atomic E-state index is 5.93. The predicted molar refractivity (Wildman–Crippen MR) is 87.1 cm³/mol. The molecule has 0 amide bonds. The molecule has 2 aromatic carbocycles. The van der Waals surface area contributed by atoms with Crippen LogP contribution in [0.4, 0.5) is 5.69 Å². The number of nitrogens with zero attached hydrogens (tertiary/aromatic N) is 1. The Morgan fingerprint density at radius 3 is 2.45 bits per heavy atom. The Labute approximate surface area is 127 Å². The first-order valence-electron chi connectivity index (χ1n) is 7.24. The van der Waals surface area contributed by atoms with Crippen LogP contribution in [0.15, 0.2) is 68.4 Å². The number of hydrogen-bond acceptors (Lipinski definition) is 3. The Morgan fingerprint density at radius 1 is 0.818 bits per heavy atom. The molecule has 0 spiro atoms. The SMILES string of the molecule is Cc1ccc2c(c1)oc1c(C)oc(=Nc3ccccc3)cc12. The van der Waals surface area contributed by atoms with Crippen LogP contribution in [0.5, 0.6) is 0 Å². The van der Waals surface area contributed by atoms with Crippen LogP contribution in [0.2, 0.25) is 0 Å². The number of para-hydroxylation sites is 1. The van der Waals surface area contributed by atoms with Gasteiger partial charge in [-0.1, -0.05) is 30.3 Å². The average Bonchev–Trinajstić information content (AvgIpc) is 2.86. The standard InChI is InChI=1S/C19H15NO2/c1-12-8-9-15-16-11-18(20-14-6-4-3-5-7-14)21-13(2)19(16)22-17(15)10-12/h3-11H,1-2H3. The highest BCUT2D eigenvalue weighted by Crippen LogP contribution is 2.30. The molecule has 3 heteroatoms. The summed E-state index contributed by atoms with van der Waals surface area (Å²) in [6.07, 6.45) is 0. The third-order valence-electron chi connectivity index (χ3n) is 3.72. The molecule has 22 heavy (non-hydrogen) atoms. The summed E-state index contributed by atoms with van der Waals surface area (Å²) in [5, 5.41) is 2.12. The zero-order valence-electron chi connectivity index (χ0n) is 12.5. The average molecular weight is 289 g/mol. The van der Waals surface area contributed by atoms with Gasteiger partial charge in [-0.15, -0.1) is 0 Å². The van der Waals surface area contributed by atoms with Crippen molar-refractivity contribution in [3.63, 3.8) is 0 Å². The van der Waals surface area contributed by atoms with Gasteiger partial charge in [0.2, 0.25) is 5.55 Å². The topological polar surface area (TPSA) is 38.6 Å². The number of furan rings is 1. The summed E-state index contributed by atoms with van der Waals surface area (Å²) in [7, 11) is 0. The number of hydrogen-bond donors (Lipinski definition) is 0. The summed E-state index contributed by atoms with van der Waals surface area (Å²) in [5.41, 5.74) is 4.29. The lowest BCUT2D eigenvalue weighted by atomic mass is 10.1. The van der Waals surface area contributed by atoms with E-state index in [9.17, 15) is 0 Å². The molecule has 3 nitrogen and oxygen atoms in total. The molecular weight excluding hydrogens is 274 g/mol. The summed E-state index contributed by atoms with van der Waals surface area (Å²) in [4.78, 5) is 4.55. The molecular formula is C19H15NO2. The molecule has 0 fully saturated rings. The summed E-state index contributed by atoms with van der Waals surface area (Å²) in [5.74, 6) is 0.737. The molecule has 4 rings (SSSR count). The second kappa shape index (κ2) is 4.88. The molecule has 0 aliphatic heterocycles. The molecule has 0 aliphatic carbocycles. The van der Waals surface area contributed by atoms with Gasteiger partial charge in [-0.05, 0) is 37.6 Å². The summed E-state index contributed by atoms with van der Waals surface area (Å²) in [6.45, 7) is 3.96. The summed E-state index contributed by atoms with van der Waals surface area (Å²) >= 11 is 0. The van der Waals surface area contributed by atoms with Gasteiger partial charge in [-0.2, -0.15) is 0 Å². The molecule has 2 aromatic heterocycles. The fourth-order valence-corrected chi connectivity index (χ4v) is 2.67. The molecule has 0 unspecified atom stereocenters. The Morgan fingerprint density at radius 2 is 1.64 bits per heavy atom. The minimum atomic E-state index is 0.583. The van der Waals surface area contributed by atoms with Crippen molar-refractivity contribution in [1.82, 2.24) is 0 Å². The maximum Gasteiger partial charge on any atom is 0.220 e. The highest BCUT2D eigenvalue weighted by molar-refractivity contribution is 6.05. The van der Waals surface area contributed by atoms with E-state index < -0.39 is 0 Å². The van der Waals surface area contributed by atoms with Crippen LogP contribution in [0.25, 0.3) is 21.9 Å². The molecule has 108 valence electrons. The van der Waals surface area contributed by atoms with Crippen LogP contribution >= 0.6 is 0 Å². The normalized spacial score (nSPS) is 12.4. The van der Waals surface area contributed by atoms with Gasteiger partial charge in [0, 0.05) is 16.8 Å². The van der Waals surface area contributed by atoms with E-state index in [1.165, 1.54) is 5.56 Å². The van der Waals surface area contributed by atoms with E-state index in [1.54, 1.807) is 0 Å². The number of fused-ring (bicyclic) bond motifs is 3. The fourth-order valence-electron chi connectivity index (χ4n) is 2.67. The van der Waals surface area contributed by atoms with Crippen molar-refractivity contribution >= 4 is 27.6 Å². The second-order valence-electron chi connectivity index (χ2n) is 5.43. The first-order chi connectivity index (χ1) is 10.7. The number of aryl methyl sites for hydroxylation is 2. The molecule has 2 heterocycles. The zero-order chi connectivity index (χ0) is 15.1. The zero-order valence-corrected chi connectivity index (χ0v) is 12.5. The number of rotatable bonds is 1. The van der Waals surface area contributed by atoms with E-state index in [4.69, 9.17) is 8.83 Å². The van der Waals surface area contributed by atoms with E-state index in [0.717, 1.165) is 33.4 Å². The summed E-state index contributed by atoms with van der Waals surface area (Å²) < 4.78 is 11.7. The van der Waals surface area contributed by atoms with Gasteiger partial charge >= 0.3 is 0 Å². The molecule has 0 radical (unpaired) electrons. The van der Waals surface area contributed by atoms with Gasteiger partial charge in [0.05, 0.1) is 5.69 Å². The van der Waals surface area contributed by atoms with Gasteiger partial charge in [0.25, 0.3) is 0 Å². The van der Waals surface area contributed by atoms with E-state index in [0.29, 0.717) is 5.55 Å². The first-order valence-corrected chi connectivity index (χ1v) is 7.24. The van der Waals surface area contributed by atoms with Gasteiger partial charge in [0.15, 0.2) is 5.58 Å². The molecule has 0 N–H and O–H groups in total. The molecule has 0 aliphatic rings. The van der Waals surface area contributed by atoms with Crippen LogP contribution in [-0.2, 0) is 0 Å². The lowest BCUT2D eigenvalue weighted by molar-refractivity contribution is 0.463. The Bertz CT molecular complexity index is 1040. The van der Waals surface area contributed by atoms with Crippen molar-refractivity contribution in [2.75, 3.05) is 0 Å². The van der Waals surface area contributed by atoms with Crippen molar-refractivity contribution in [3.05, 3.63) is 71.5 Å². The first kappa shape index (κ1) is 12.9. The van der Waals surface area contributed by atoms with Crippen molar-refractivity contribution in [1.29, 1.82) is 0 Å². The Balaban J connectivity index is 2.03. The van der Waals surface area contributed by atoms with Crippen LogP contribution < -0.4 is 5.55 Å². The Kier molecular flexibility index (Phi) is 2.86. The predicted octanol–water partition coefficient (Wildman–Crippen LogP) is 5.03. The molecule has 0 bridgehead atoms. The van der Waals surface area contributed by atoms with Crippen LogP contribution in [0.1, 0.15) is 11.3 Å². The van der Waals surface area contributed by atoms with Crippen molar-refractivity contribution in [2.45, 2.75) is 13.8 Å².